The number of methoxy groups -OCH3 is 1. The number of rotatable bonds is 1. The van der Waals surface area contributed by atoms with Crippen molar-refractivity contribution >= 4 is 23.5 Å². The highest BCUT2D eigenvalue weighted by Crippen LogP contribution is 2.77. The molecule has 1 spiro atoms. The van der Waals surface area contributed by atoms with E-state index in [1.54, 1.807) is 40.7 Å². The van der Waals surface area contributed by atoms with Crippen LogP contribution in [0.25, 0.3) is 0 Å². The van der Waals surface area contributed by atoms with Gasteiger partial charge in [0.25, 0.3) is 0 Å². The van der Waals surface area contributed by atoms with Gasteiger partial charge >= 0.3 is 11.9 Å². The van der Waals surface area contributed by atoms with E-state index in [-0.39, 0.29) is 19.4 Å². The number of allylic oxidation sites excluding steroid dienone is 1. The number of carbonyl (C=O) groups excluding carboxylic acids is 4. The molecule has 35 heavy (non-hydrogen) atoms. The summed E-state index contributed by atoms with van der Waals surface area (Å²) in [6, 6.07) is 0. The molecule has 2 heterocycles. The van der Waals surface area contributed by atoms with Gasteiger partial charge in [0.15, 0.2) is 22.6 Å². The van der Waals surface area contributed by atoms with Gasteiger partial charge in [-0.15, -0.1) is 0 Å². The minimum absolute atomic E-state index is 0.0193. The van der Waals surface area contributed by atoms with Crippen LogP contribution < -0.4 is 0 Å². The topological polar surface area (TPSA) is 140 Å². The summed E-state index contributed by atoms with van der Waals surface area (Å²) < 4.78 is 16.7. The number of carbonyl (C=O) groups is 4. The molecule has 7 unspecified atom stereocenters. The Morgan fingerprint density at radius 2 is 1.63 bits per heavy atom. The van der Waals surface area contributed by atoms with Crippen LogP contribution in [0.2, 0.25) is 0 Å². The Labute approximate surface area is 203 Å². The summed E-state index contributed by atoms with van der Waals surface area (Å²) in [6.07, 6.45) is 3.15. The maximum atomic E-state index is 14.2. The molecule has 5 rings (SSSR count). The fourth-order valence-corrected chi connectivity index (χ4v) is 8.16. The molecule has 0 aromatic carbocycles. The van der Waals surface area contributed by atoms with E-state index in [1.807, 2.05) is 0 Å². The van der Waals surface area contributed by atoms with Gasteiger partial charge in [0.1, 0.15) is 11.2 Å². The first-order chi connectivity index (χ1) is 15.9. The van der Waals surface area contributed by atoms with Crippen molar-refractivity contribution in [2.75, 3.05) is 13.7 Å². The fourth-order valence-electron chi connectivity index (χ4n) is 8.16. The van der Waals surface area contributed by atoms with Crippen molar-refractivity contribution in [2.45, 2.75) is 76.8 Å². The van der Waals surface area contributed by atoms with Crippen molar-refractivity contribution in [3.8, 4) is 0 Å². The largest absolute Gasteiger partial charge is 0.468 e. The van der Waals surface area contributed by atoms with Gasteiger partial charge in [-0.3, -0.25) is 14.4 Å². The van der Waals surface area contributed by atoms with Crippen molar-refractivity contribution in [3.63, 3.8) is 0 Å². The predicted octanol–water partition coefficient (Wildman–Crippen LogP) is 1.19. The van der Waals surface area contributed by atoms with Gasteiger partial charge in [-0.25, -0.2) is 4.79 Å². The van der Waals surface area contributed by atoms with Crippen molar-refractivity contribution in [1.29, 1.82) is 0 Å². The molecule has 2 bridgehead atoms. The van der Waals surface area contributed by atoms with Crippen LogP contribution in [-0.4, -0.2) is 69.8 Å². The summed E-state index contributed by atoms with van der Waals surface area (Å²) >= 11 is 0. The van der Waals surface area contributed by atoms with E-state index in [9.17, 15) is 29.4 Å². The molecule has 3 fully saturated rings. The van der Waals surface area contributed by atoms with Crippen molar-refractivity contribution < 1.29 is 43.6 Å². The van der Waals surface area contributed by atoms with E-state index in [0.717, 1.165) is 14.0 Å². The summed E-state index contributed by atoms with van der Waals surface area (Å²) in [6.45, 7) is 9.33. The number of cyclic esters (lactones) is 1. The van der Waals surface area contributed by atoms with Crippen LogP contribution in [0.1, 0.15) is 54.4 Å². The molecular formula is C26H32O9. The third kappa shape index (κ3) is 2.31. The number of hydrogen-bond acceptors (Lipinski definition) is 9. The molecule has 5 aliphatic rings. The van der Waals surface area contributed by atoms with Crippen LogP contribution in [0.15, 0.2) is 23.3 Å². The number of Topliss-reactive ketones (excluding diaryl/α,β-unsaturated/α-hetero) is 2. The molecule has 3 aliphatic carbocycles. The van der Waals surface area contributed by atoms with Gasteiger partial charge in [0.2, 0.25) is 0 Å². The Balaban J connectivity index is 1.89. The van der Waals surface area contributed by atoms with Gasteiger partial charge in [0, 0.05) is 11.5 Å². The number of esters is 2. The highest BCUT2D eigenvalue weighted by atomic mass is 16.6. The second-order valence-electron chi connectivity index (χ2n) is 12.1. The lowest BCUT2D eigenvalue weighted by atomic mass is 9.33. The Morgan fingerprint density at radius 3 is 2.17 bits per heavy atom. The first-order valence-corrected chi connectivity index (χ1v) is 11.8. The van der Waals surface area contributed by atoms with Crippen LogP contribution >= 0.6 is 0 Å². The minimum atomic E-state index is -2.45. The Morgan fingerprint density at radius 1 is 1.03 bits per heavy atom. The molecule has 0 amide bonds. The van der Waals surface area contributed by atoms with Crippen LogP contribution in [0.5, 0.6) is 0 Å². The minimum Gasteiger partial charge on any atom is -0.468 e. The SMILES string of the molecule is COC(=O)C12C(=O)C(C)(O)C(=O)C(C)(CC3C(C)(O)C4=CC(=O)OC(C)(C)C4=CCC31C)C21CO1. The number of hydrogen-bond donors (Lipinski definition) is 2. The van der Waals surface area contributed by atoms with Crippen molar-refractivity contribution in [2.24, 2.45) is 22.2 Å². The van der Waals surface area contributed by atoms with Crippen LogP contribution in [-0.2, 0) is 33.4 Å². The predicted molar refractivity (Wildman–Crippen MR) is 120 cm³/mol. The van der Waals surface area contributed by atoms with E-state index in [4.69, 9.17) is 14.2 Å². The van der Waals surface area contributed by atoms with Crippen LogP contribution in [0, 0.1) is 22.2 Å². The van der Waals surface area contributed by atoms with Gasteiger partial charge in [0.05, 0.1) is 24.7 Å². The summed E-state index contributed by atoms with van der Waals surface area (Å²) in [5.74, 6) is -4.12. The zero-order chi connectivity index (χ0) is 26.2. The van der Waals surface area contributed by atoms with E-state index in [1.165, 1.54) is 6.08 Å². The molecule has 9 heteroatoms. The maximum absolute atomic E-state index is 14.2. The van der Waals surface area contributed by atoms with E-state index >= 15 is 0 Å². The summed E-state index contributed by atoms with van der Waals surface area (Å²) in [7, 11) is 1.15. The Bertz CT molecular complexity index is 1170. The second-order valence-corrected chi connectivity index (χ2v) is 12.1. The normalized spacial score (nSPS) is 49.7. The molecule has 2 aliphatic heterocycles. The van der Waals surface area contributed by atoms with E-state index < -0.39 is 68.1 Å². The molecule has 2 saturated carbocycles. The Kier molecular flexibility index (Phi) is 4.38. The van der Waals surface area contributed by atoms with Crippen molar-refractivity contribution in [1.82, 2.24) is 0 Å². The zero-order valence-corrected chi connectivity index (χ0v) is 21.1. The number of ketones is 2. The summed E-state index contributed by atoms with van der Waals surface area (Å²) in [5.41, 5.74) is -10.8. The van der Waals surface area contributed by atoms with Gasteiger partial charge in [-0.1, -0.05) is 13.0 Å². The van der Waals surface area contributed by atoms with Crippen molar-refractivity contribution in [3.05, 3.63) is 23.3 Å². The highest BCUT2D eigenvalue weighted by molar-refractivity contribution is 6.25. The molecule has 9 nitrogen and oxygen atoms in total. The summed E-state index contributed by atoms with van der Waals surface area (Å²) in [5, 5.41) is 23.5. The molecule has 7 atom stereocenters. The third-order valence-electron chi connectivity index (χ3n) is 9.90. The fraction of sp³-hybridized carbons (Fsp3) is 0.692. The molecule has 190 valence electrons. The lowest BCUT2D eigenvalue weighted by molar-refractivity contribution is -0.239. The number of aliphatic hydroxyl groups is 2. The molecule has 2 N–H and O–H groups in total. The maximum Gasteiger partial charge on any atom is 0.332 e. The monoisotopic (exact) mass is 488 g/mol. The Hall–Kier alpha value is -2.36. The molecule has 0 aromatic rings. The second kappa shape index (κ2) is 6.30. The van der Waals surface area contributed by atoms with E-state index in [2.05, 4.69) is 0 Å². The number of ether oxygens (including phenoxy) is 3. The van der Waals surface area contributed by atoms with Crippen LogP contribution in [0.3, 0.4) is 0 Å². The lowest BCUT2D eigenvalue weighted by Gasteiger charge is -2.67. The average Bonchev–Trinajstić information content (AvgIpc) is 3.55. The average molecular weight is 489 g/mol. The number of fused-ring (bicyclic) bond motifs is 3. The van der Waals surface area contributed by atoms with Crippen LogP contribution in [0.4, 0.5) is 0 Å². The molecule has 0 radical (unpaired) electrons. The lowest BCUT2D eigenvalue weighted by Crippen LogP contribution is -2.83. The molecular weight excluding hydrogens is 456 g/mol. The standard InChI is InChI=1S/C26H32O9/c1-20(2)13-8-9-21(3)15(23(5,31)14(13)10-16(27)35-20)11-22(4)17(28)24(6,32)18(29)26(21,19(30)33-7)25(22)12-34-25/h8,10,15,31-32H,9,11-12H2,1-7H3. The van der Waals surface area contributed by atoms with Gasteiger partial charge in [-0.2, -0.15) is 0 Å². The third-order valence-corrected chi connectivity index (χ3v) is 9.90. The quantitative estimate of drug-likeness (QED) is 0.316. The zero-order valence-electron chi connectivity index (χ0n) is 21.1. The van der Waals surface area contributed by atoms with E-state index in [0.29, 0.717) is 11.1 Å². The smallest absolute Gasteiger partial charge is 0.332 e. The summed E-state index contributed by atoms with van der Waals surface area (Å²) in [4.78, 5) is 54.3. The number of epoxide rings is 1. The first-order valence-electron chi connectivity index (χ1n) is 11.8. The highest BCUT2D eigenvalue weighted by Gasteiger charge is 2.92. The molecule has 1 saturated heterocycles. The van der Waals surface area contributed by atoms with Gasteiger partial charge < -0.3 is 24.4 Å². The van der Waals surface area contributed by atoms with Gasteiger partial charge in [-0.05, 0) is 64.5 Å². The molecule has 0 aromatic heterocycles. The first kappa shape index (κ1) is 24.3.